The first-order valence-corrected chi connectivity index (χ1v) is 7.18. The number of benzene rings is 1. The molecular weight excluding hydrogens is 269 g/mol. The lowest BCUT2D eigenvalue weighted by molar-refractivity contribution is -0.0120. The molecule has 1 aromatic rings. The summed E-state index contributed by atoms with van der Waals surface area (Å²) in [6, 6.07) is 6.33. The van der Waals surface area contributed by atoms with Gasteiger partial charge in [0.1, 0.15) is 0 Å². The van der Waals surface area contributed by atoms with E-state index in [9.17, 15) is 0 Å². The fourth-order valence-corrected chi connectivity index (χ4v) is 2.83. The molecule has 0 aromatic heterocycles. The second kappa shape index (κ2) is 6.25. The summed E-state index contributed by atoms with van der Waals surface area (Å²) in [5.74, 6) is 0. The van der Waals surface area contributed by atoms with Crippen molar-refractivity contribution in [2.24, 2.45) is 0 Å². The van der Waals surface area contributed by atoms with E-state index in [1.807, 2.05) is 25.1 Å². The lowest BCUT2D eigenvalue weighted by atomic mass is 9.88. The van der Waals surface area contributed by atoms with Gasteiger partial charge < -0.3 is 10.1 Å². The van der Waals surface area contributed by atoms with Crippen molar-refractivity contribution in [3.05, 3.63) is 33.8 Å². The van der Waals surface area contributed by atoms with Gasteiger partial charge in [0.15, 0.2) is 0 Å². The Hall–Kier alpha value is -0.280. The summed E-state index contributed by atoms with van der Waals surface area (Å²) in [5, 5.41) is 5.06. The van der Waals surface area contributed by atoms with Crippen molar-refractivity contribution < 1.29 is 4.74 Å². The van der Waals surface area contributed by atoms with Gasteiger partial charge in [-0.25, -0.2) is 0 Å². The van der Waals surface area contributed by atoms with E-state index >= 15 is 0 Å². The van der Waals surface area contributed by atoms with Crippen LogP contribution in [0.15, 0.2) is 18.2 Å². The zero-order chi connectivity index (χ0) is 13.1. The van der Waals surface area contributed by atoms with E-state index < -0.39 is 0 Å². The normalized spacial score (nSPS) is 24.7. The first kappa shape index (κ1) is 14.1. The van der Waals surface area contributed by atoms with Gasteiger partial charge in [-0.1, -0.05) is 23.2 Å². The predicted molar refractivity (Wildman–Crippen MR) is 76.4 cm³/mol. The van der Waals surface area contributed by atoms with Crippen LogP contribution in [0.4, 0.5) is 0 Å². The van der Waals surface area contributed by atoms with Crippen LogP contribution in [0.1, 0.15) is 38.3 Å². The highest BCUT2D eigenvalue weighted by atomic mass is 35.5. The van der Waals surface area contributed by atoms with Crippen LogP contribution in [0.2, 0.25) is 10.0 Å². The van der Waals surface area contributed by atoms with Gasteiger partial charge in [-0.15, -0.1) is 0 Å². The van der Waals surface area contributed by atoms with Crippen LogP contribution < -0.4 is 5.32 Å². The third kappa shape index (κ3) is 3.39. The van der Waals surface area contributed by atoms with Crippen LogP contribution in [-0.2, 0) is 4.74 Å². The average molecular weight is 288 g/mol. The molecule has 1 aliphatic rings. The van der Waals surface area contributed by atoms with Crippen LogP contribution in [0.5, 0.6) is 0 Å². The number of hydrogen-bond donors (Lipinski definition) is 1. The van der Waals surface area contributed by atoms with E-state index in [1.165, 1.54) is 0 Å². The first-order valence-electron chi connectivity index (χ1n) is 6.42. The lowest BCUT2D eigenvalue weighted by Gasteiger charge is -2.37. The van der Waals surface area contributed by atoms with Crippen LogP contribution in [-0.4, -0.2) is 18.8 Å². The maximum Gasteiger partial charge on any atom is 0.0604 e. The smallest absolute Gasteiger partial charge is 0.0604 e. The van der Waals surface area contributed by atoms with Crippen LogP contribution in [0.3, 0.4) is 0 Å². The molecule has 2 nitrogen and oxygen atoms in total. The van der Waals surface area contributed by atoms with Crippen molar-refractivity contribution in [2.75, 3.05) is 6.61 Å². The molecule has 1 unspecified atom stereocenters. The first-order chi connectivity index (χ1) is 8.60. The van der Waals surface area contributed by atoms with Gasteiger partial charge in [-0.2, -0.15) is 0 Å². The molecular formula is C14H19Cl2NO. The summed E-state index contributed by atoms with van der Waals surface area (Å²) in [5.41, 5.74) is 1.06. The minimum atomic E-state index is 0.212. The molecule has 1 N–H and O–H groups in total. The fraction of sp³-hybridized carbons (Fsp3) is 0.571. The summed E-state index contributed by atoms with van der Waals surface area (Å²) in [4.78, 5) is 0. The van der Waals surface area contributed by atoms with Gasteiger partial charge in [-0.05, 0) is 50.5 Å². The molecule has 18 heavy (non-hydrogen) atoms. The molecule has 0 spiro atoms. The molecule has 1 atom stereocenters. The standard InChI is InChI=1S/C14H19Cl2NO/c1-3-18-12-7-11(8-12)17-9(2)13-6-10(15)4-5-14(13)16/h4-6,9,11-12,17H,3,7-8H2,1-2H3. The molecule has 0 radical (unpaired) electrons. The lowest BCUT2D eigenvalue weighted by Crippen LogP contribution is -2.46. The number of ether oxygens (including phenoxy) is 1. The number of hydrogen-bond acceptors (Lipinski definition) is 2. The monoisotopic (exact) mass is 287 g/mol. The Morgan fingerprint density at radius 2 is 2.11 bits per heavy atom. The minimum absolute atomic E-state index is 0.212. The van der Waals surface area contributed by atoms with Crippen LogP contribution >= 0.6 is 23.2 Å². The predicted octanol–water partition coefficient (Wildman–Crippen LogP) is 4.21. The van der Waals surface area contributed by atoms with Crippen molar-refractivity contribution in [1.82, 2.24) is 5.32 Å². The maximum atomic E-state index is 6.19. The second-order valence-corrected chi connectivity index (χ2v) is 5.64. The Labute approximate surface area is 119 Å². The molecule has 100 valence electrons. The van der Waals surface area contributed by atoms with Crippen molar-refractivity contribution in [3.63, 3.8) is 0 Å². The molecule has 1 aliphatic carbocycles. The van der Waals surface area contributed by atoms with E-state index in [1.54, 1.807) is 0 Å². The van der Waals surface area contributed by atoms with Gasteiger partial charge >= 0.3 is 0 Å². The SMILES string of the molecule is CCOC1CC(NC(C)c2cc(Cl)ccc2Cl)C1. The largest absolute Gasteiger partial charge is 0.378 e. The molecule has 0 saturated heterocycles. The average Bonchev–Trinajstić information content (AvgIpc) is 2.29. The van der Waals surface area contributed by atoms with Gasteiger partial charge in [0.05, 0.1) is 6.10 Å². The quantitative estimate of drug-likeness (QED) is 0.876. The van der Waals surface area contributed by atoms with Gasteiger partial charge in [0.2, 0.25) is 0 Å². The zero-order valence-corrected chi connectivity index (χ0v) is 12.3. The highest BCUT2D eigenvalue weighted by Crippen LogP contribution is 2.30. The zero-order valence-electron chi connectivity index (χ0n) is 10.7. The van der Waals surface area contributed by atoms with E-state index in [4.69, 9.17) is 27.9 Å². The Morgan fingerprint density at radius 1 is 1.39 bits per heavy atom. The molecule has 1 fully saturated rings. The Kier molecular flexibility index (Phi) is 4.91. The summed E-state index contributed by atoms with van der Waals surface area (Å²) >= 11 is 12.2. The van der Waals surface area contributed by atoms with Gasteiger partial charge in [-0.3, -0.25) is 0 Å². The Morgan fingerprint density at radius 3 is 2.78 bits per heavy atom. The fourth-order valence-electron chi connectivity index (χ4n) is 2.36. The van der Waals surface area contributed by atoms with Crippen molar-refractivity contribution in [1.29, 1.82) is 0 Å². The third-order valence-electron chi connectivity index (χ3n) is 3.41. The maximum absolute atomic E-state index is 6.19. The van der Waals surface area contributed by atoms with Crippen molar-refractivity contribution >= 4 is 23.2 Å². The summed E-state index contributed by atoms with van der Waals surface area (Å²) in [7, 11) is 0. The van der Waals surface area contributed by atoms with Crippen LogP contribution in [0, 0.1) is 0 Å². The van der Waals surface area contributed by atoms with Crippen molar-refractivity contribution in [3.8, 4) is 0 Å². The number of nitrogens with one attached hydrogen (secondary N) is 1. The second-order valence-electron chi connectivity index (χ2n) is 4.80. The Balaban J connectivity index is 1.89. The molecule has 4 heteroatoms. The molecule has 0 heterocycles. The number of rotatable bonds is 5. The molecule has 2 rings (SSSR count). The van der Waals surface area contributed by atoms with Crippen LogP contribution in [0.25, 0.3) is 0 Å². The summed E-state index contributed by atoms with van der Waals surface area (Å²) in [6.07, 6.45) is 2.58. The third-order valence-corrected chi connectivity index (χ3v) is 3.99. The van der Waals surface area contributed by atoms with E-state index in [0.717, 1.165) is 35.1 Å². The van der Waals surface area contributed by atoms with Crippen molar-refractivity contribution in [2.45, 2.75) is 44.9 Å². The van der Waals surface area contributed by atoms with Gasteiger partial charge in [0, 0.05) is 28.7 Å². The van der Waals surface area contributed by atoms with E-state index in [2.05, 4.69) is 12.2 Å². The topological polar surface area (TPSA) is 21.3 Å². The highest BCUT2D eigenvalue weighted by molar-refractivity contribution is 6.33. The molecule has 0 aliphatic heterocycles. The molecule has 1 saturated carbocycles. The van der Waals surface area contributed by atoms with E-state index in [-0.39, 0.29) is 6.04 Å². The molecule has 0 amide bonds. The number of halogens is 2. The highest BCUT2D eigenvalue weighted by Gasteiger charge is 2.30. The van der Waals surface area contributed by atoms with E-state index in [0.29, 0.717) is 12.1 Å². The minimum Gasteiger partial charge on any atom is -0.378 e. The van der Waals surface area contributed by atoms with Gasteiger partial charge in [0.25, 0.3) is 0 Å². The molecule has 1 aromatic carbocycles. The summed E-state index contributed by atoms with van der Waals surface area (Å²) < 4.78 is 5.55. The molecule has 0 bridgehead atoms. The summed E-state index contributed by atoms with van der Waals surface area (Å²) in [6.45, 7) is 4.95. The Bertz CT molecular complexity index is 405.